The van der Waals surface area contributed by atoms with Gasteiger partial charge in [0.2, 0.25) is 21.8 Å². The number of benzene rings is 2. The van der Waals surface area contributed by atoms with Gasteiger partial charge in [-0.05, 0) is 35.1 Å². The van der Waals surface area contributed by atoms with Gasteiger partial charge in [-0.25, -0.2) is 13.1 Å². The summed E-state index contributed by atoms with van der Waals surface area (Å²) in [5, 5.41) is 4.82. The topological polar surface area (TPSA) is 95.6 Å². The van der Waals surface area contributed by atoms with Gasteiger partial charge in [-0.2, -0.15) is 0 Å². The zero-order chi connectivity index (χ0) is 24.6. The fourth-order valence-corrected chi connectivity index (χ4v) is 5.25. The fraction of sp³-hybridized carbons (Fsp3) is 0.280. The average molecular weight is 500 g/mol. The molecule has 2 aromatic carbocycles. The van der Waals surface area contributed by atoms with Crippen LogP contribution in [0.2, 0.25) is 0 Å². The summed E-state index contributed by atoms with van der Waals surface area (Å²) < 4.78 is 27.6. The highest BCUT2D eigenvalue weighted by Gasteiger charge is 2.33. The molecular weight excluding hydrogens is 470 g/mol. The lowest BCUT2D eigenvalue weighted by Crippen LogP contribution is -2.53. The van der Waals surface area contributed by atoms with E-state index in [1.165, 1.54) is 28.4 Å². The Labute approximate surface area is 204 Å². The zero-order valence-electron chi connectivity index (χ0n) is 19.2. The average Bonchev–Trinajstić information content (AvgIpc) is 3.35. The second-order valence-corrected chi connectivity index (χ2v) is 10.9. The maximum Gasteiger partial charge on any atom is 0.243 e. The highest BCUT2D eigenvalue weighted by Crippen LogP contribution is 2.19. The normalized spacial score (nSPS) is 12.3. The Morgan fingerprint density at radius 1 is 0.941 bits per heavy atom. The lowest BCUT2D eigenvalue weighted by atomic mass is 10.0. The van der Waals surface area contributed by atoms with Crippen LogP contribution in [-0.4, -0.2) is 37.7 Å². The number of nitrogens with one attached hydrogen (secondary N) is 2. The van der Waals surface area contributed by atoms with Crippen molar-refractivity contribution < 1.29 is 18.0 Å². The van der Waals surface area contributed by atoms with Gasteiger partial charge in [0.25, 0.3) is 0 Å². The van der Waals surface area contributed by atoms with E-state index < -0.39 is 28.5 Å². The Bertz CT molecular complexity index is 1170. The highest BCUT2D eigenvalue weighted by atomic mass is 32.2. The standard InChI is InChI=1S/C25H29N3O4S2/c1-19(2)24(25(30)26-16-20-10-5-3-6-11-20)28(18-21-12-9-15-33-21)23(29)17-27-34(31,32)22-13-7-4-8-14-22/h3-15,19,24,27H,16-18H2,1-2H3,(H,26,30)/t24-/m1/s1. The van der Waals surface area contributed by atoms with E-state index >= 15 is 0 Å². The molecule has 0 aliphatic carbocycles. The number of carbonyl (C=O) groups is 2. The fourth-order valence-electron chi connectivity index (χ4n) is 3.55. The van der Waals surface area contributed by atoms with Gasteiger partial charge in [0.05, 0.1) is 18.0 Å². The molecule has 3 aromatic rings. The molecular formula is C25H29N3O4S2. The zero-order valence-corrected chi connectivity index (χ0v) is 20.8. The van der Waals surface area contributed by atoms with Crippen LogP contribution in [-0.2, 0) is 32.7 Å². The molecule has 0 radical (unpaired) electrons. The largest absolute Gasteiger partial charge is 0.350 e. The van der Waals surface area contributed by atoms with Crippen LogP contribution in [0.15, 0.2) is 83.1 Å². The summed E-state index contributed by atoms with van der Waals surface area (Å²) in [6.45, 7) is 3.85. The molecule has 2 amide bonds. The van der Waals surface area contributed by atoms with Crippen LogP contribution in [0.4, 0.5) is 0 Å². The second-order valence-electron chi connectivity index (χ2n) is 8.13. The summed E-state index contributed by atoms with van der Waals surface area (Å²) in [6.07, 6.45) is 0. The van der Waals surface area contributed by atoms with Crippen LogP contribution in [0.3, 0.4) is 0 Å². The molecule has 0 fully saturated rings. The number of amides is 2. The number of sulfonamides is 1. The van der Waals surface area contributed by atoms with E-state index in [4.69, 9.17) is 0 Å². The minimum atomic E-state index is -3.86. The molecule has 0 saturated carbocycles. The number of rotatable bonds is 11. The van der Waals surface area contributed by atoms with Crippen molar-refractivity contribution in [1.82, 2.24) is 14.9 Å². The molecule has 1 heterocycles. The van der Waals surface area contributed by atoms with Gasteiger partial charge in [0, 0.05) is 11.4 Å². The van der Waals surface area contributed by atoms with Crippen molar-refractivity contribution in [2.75, 3.05) is 6.54 Å². The quantitative estimate of drug-likeness (QED) is 0.423. The molecule has 0 aliphatic heterocycles. The van der Waals surface area contributed by atoms with E-state index in [0.717, 1.165) is 10.4 Å². The predicted molar refractivity (Wildman–Crippen MR) is 133 cm³/mol. The van der Waals surface area contributed by atoms with E-state index in [0.29, 0.717) is 6.54 Å². The van der Waals surface area contributed by atoms with E-state index in [9.17, 15) is 18.0 Å². The van der Waals surface area contributed by atoms with E-state index in [-0.39, 0.29) is 23.3 Å². The third-order valence-corrected chi connectivity index (χ3v) is 7.52. The molecule has 7 nitrogen and oxygen atoms in total. The van der Waals surface area contributed by atoms with Gasteiger partial charge in [-0.3, -0.25) is 9.59 Å². The smallest absolute Gasteiger partial charge is 0.243 e. The first-order valence-electron chi connectivity index (χ1n) is 11.0. The Morgan fingerprint density at radius 3 is 2.18 bits per heavy atom. The van der Waals surface area contributed by atoms with Crippen molar-refractivity contribution in [3.63, 3.8) is 0 Å². The molecule has 1 atom stereocenters. The van der Waals surface area contributed by atoms with Crippen molar-refractivity contribution in [1.29, 1.82) is 0 Å². The molecule has 0 aliphatic rings. The number of carbonyl (C=O) groups excluding carboxylic acids is 2. The molecule has 2 N–H and O–H groups in total. The summed E-state index contributed by atoms with van der Waals surface area (Å²) in [5.74, 6) is -0.943. The van der Waals surface area contributed by atoms with Crippen molar-refractivity contribution in [3.05, 3.63) is 88.6 Å². The first-order valence-corrected chi connectivity index (χ1v) is 13.3. The summed E-state index contributed by atoms with van der Waals surface area (Å²) in [7, 11) is -3.86. The molecule has 180 valence electrons. The molecule has 0 saturated heterocycles. The van der Waals surface area contributed by atoms with Crippen molar-refractivity contribution in [3.8, 4) is 0 Å². The summed E-state index contributed by atoms with van der Waals surface area (Å²) in [6, 6.07) is 20.4. The van der Waals surface area contributed by atoms with Gasteiger partial charge in [0.15, 0.2) is 0 Å². The number of nitrogens with zero attached hydrogens (tertiary/aromatic N) is 1. The summed E-state index contributed by atoms with van der Waals surface area (Å²) in [5.41, 5.74) is 0.949. The van der Waals surface area contributed by atoms with Crippen molar-refractivity contribution in [2.45, 2.75) is 37.9 Å². The maximum absolute atomic E-state index is 13.3. The van der Waals surface area contributed by atoms with Gasteiger partial charge in [0.1, 0.15) is 6.04 Å². The van der Waals surface area contributed by atoms with Crippen molar-refractivity contribution in [2.24, 2.45) is 5.92 Å². The van der Waals surface area contributed by atoms with Crippen molar-refractivity contribution >= 4 is 33.2 Å². The monoisotopic (exact) mass is 499 g/mol. The number of thiophene rings is 1. The van der Waals surface area contributed by atoms with Crippen LogP contribution in [0.1, 0.15) is 24.3 Å². The van der Waals surface area contributed by atoms with E-state index in [2.05, 4.69) is 10.0 Å². The molecule has 9 heteroatoms. The molecule has 34 heavy (non-hydrogen) atoms. The lowest BCUT2D eigenvalue weighted by Gasteiger charge is -2.33. The first kappa shape index (κ1) is 25.6. The molecule has 0 unspecified atom stereocenters. The summed E-state index contributed by atoms with van der Waals surface area (Å²) in [4.78, 5) is 29.0. The molecule has 0 spiro atoms. The predicted octanol–water partition coefficient (Wildman–Crippen LogP) is 3.40. The second kappa shape index (κ2) is 11.9. The van der Waals surface area contributed by atoms with Gasteiger partial charge >= 0.3 is 0 Å². The first-order chi connectivity index (χ1) is 16.3. The summed E-state index contributed by atoms with van der Waals surface area (Å²) >= 11 is 1.48. The molecule has 0 bridgehead atoms. The van der Waals surface area contributed by atoms with E-state index in [1.807, 2.05) is 61.7 Å². The van der Waals surface area contributed by atoms with Crippen LogP contribution in [0, 0.1) is 5.92 Å². The third-order valence-electron chi connectivity index (χ3n) is 5.24. The van der Waals surface area contributed by atoms with Crippen LogP contribution in [0.5, 0.6) is 0 Å². The Balaban J connectivity index is 1.78. The van der Waals surface area contributed by atoms with Crippen LogP contribution < -0.4 is 10.0 Å². The van der Waals surface area contributed by atoms with Gasteiger partial charge in [-0.15, -0.1) is 11.3 Å². The lowest BCUT2D eigenvalue weighted by molar-refractivity contribution is -0.142. The highest BCUT2D eigenvalue weighted by molar-refractivity contribution is 7.89. The van der Waals surface area contributed by atoms with Crippen LogP contribution in [0.25, 0.3) is 0 Å². The third kappa shape index (κ3) is 6.99. The SMILES string of the molecule is CC(C)[C@H](C(=O)NCc1ccccc1)N(Cc1cccs1)C(=O)CNS(=O)(=O)c1ccccc1. The minimum absolute atomic E-state index is 0.0774. The Kier molecular flexibility index (Phi) is 8.98. The number of hydrogen-bond acceptors (Lipinski definition) is 5. The molecule has 3 rings (SSSR count). The van der Waals surface area contributed by atoms with E-state index in [1.54, 1.807) is 18.2 Å². The maximum atomic E-state index is 13.3. The minimum Gasteiger partial charge on any atom is -0.350 e. The van der Waals surface area contributed by atoms with Gasteiger partial charge < -0.3 is 10.2 Å². The van der Waals surface area contributed by atoms with Gasteiger partial charge in [-0.1, -0.05) is 68.4 Å². The molecule has 1 aromatic heterocycles. The Hall–Kier alpha value is -3.01. The number of hydrogen-bond donors (Lipinski definition) is 2. The van der Waals surface area contributed by atoms with Crippen LogP contribution >= 0.6 is 11.3 Å². The Morgan fingerprint density at radius 2 is 1.59 bits per heavy atom.